The van der Waals surface area contributed by atoms with E-state index in [2.05, 4.69) is 4.98 Å². The monoisotopic (exact) mass is 629 g/mol. The summed E-state index contributed by atoms with van der Waals surface area (Å²) in [5.41, 5.74) is 1.16. The summed E-state index contributed by atoms with van der Waals surface area (Å²) in [7, 11) is 0. The lowest BCUT2D eigenvalue weighted by atomic mass is 9.67. The maximum atomic E-state index is 14.6. The van der Waals surface area contributed by atoms with Gasteiger partial charge in [0.2, 0.25) is 17.2 Å². The quantitative estimate of drug-likeness (QED) is 0.239. The van der Waals surface area contributed by atoms with Gasteiger partial charge in [-0.1, -0.05) is 60.5 Å². The SMILES string of the molecule is CC1(CC(=O)O)CC(c2cccc(Cl)c2)C(c2ccc(Cl)cc2)N(C(CN(Cc2ccccn2)S(=O)O)C2CC2)C1=O. The number of nitrogens with zero attached hydrogens (tertiary/aromatic N) is 3. The maximum Gasteiger partial charge on any atom is 0.304 e. The Morgan fingerprint density at radius 3 is 2.43 bits per heavy atom. The molecule has 1 saturated carbocycles. The number of hydrogen-bond donors (Lipinski definition) is 2. The van der Waals surface area contributed by atoms with E-state index in [9.17, 15) is 23.5 Å². The fraction of sp³-hybridized carbons (Fsp3) is 0.387. The van der Waals surface area contributed by atoms with Crippen molar-refractivity contribution in [2.75, 3.05) is 6.54 Å². The summed E-state index contributed by atoms with van der Waals surface area (Å²) in [4.78, 5) is 32.8. The molecule has 2 aliphatic rings. The van der Waals surface area contributed by atoms with Crippen molar-refractivity contribution >= 4 is 46.3 Å². The van der Waals surface area contributed by atoms with Crippen LogP contribution in [0.3, 0.4) is 0 Å². The third-order valence-corrected chi connectivity index (χ3v) is 9.54. The van der Waals surface area contributed by atoms with Crippen LogP contribution in [0.1, 0.15) is 61.4 Å². The highest BCUT2D eigenvalue weighted by Crippen LogP contribution is 2.54. The fourth-order valence-corrected chi connectivity index (χ4v) is 7.10. The topological polar surface area (TPSA) is 111 Å². The van der Waals surface area contributed by atoms with E-state index in [4.69, 9.17) is 23.2 Å². The number of halogens is 2. The number of piperidine rings is 1. The van der Waals surface area contributed by atoms with Gasteiger partial charge in [-0.05, 0) is 72.7 Å². The molecule has 0 spiro atoms. The van der Waals surface area contributed by atoms with Crippen LogP contribution in [0.5, 0.6) is 0 Å². The van der Waals surface area contributed by atoms with E-state index in [1.807, 2.05) is 41.3 Å². The van der Waals surface area contributed by atoms with E-state index >= 15 is 0 Å². The molecule has 11 heteroatoms. The largest absolute Gasteiger partial charge is 0.481 e. The van der Waals surface area contributed by atoms with Crippen molar-refractivity contribution in [1.29, 1.82) is 0 Å². The van der Waals surface area contributed by atoms with Crippen molar-refractivity contribution in [2.24, 2.45) is 11.3 Å². The van der Waals surface area contributed by atoms with Gasteiger partial charge in [-0.15, -0.1) is 0 Å². The van der Waals surface area contributed by atoms with Crippen LogP contribution in [0, 0.1) is 11.3 Å². The number of carboxylic acid groups (broad SMARTS) is 1. The number of carboxylic acids is 1. The summed E-state index contributed by atoms with van der Waals surface area (Å²) >= 11 is 10.4. The average Bonchev–Trinajstić information content (AvgIpc) is 3.79. The molecule has 0 radical (unpaired) electrons. The van der Waals surface area contributed by atoms with Crippen LogP contribution in [0.15, 0.2) is 72.9 Å². The number of pyridine rings is 1. The van der Waals surface area contributed by atoms with Crippen LogP contribution < -0.4 is 0 Å². The molecule has 1 amide bonds. The Morgan fingerprint density at radius 1 is 1.10 bits per heavy atom. The number of benzene rings is 2. The van der Waals surface area contributed by atoms with Gasteiger partial charge in [-0.2, -0.15) is 4.31 Å². The van der Waals surface area contributed by atoms with Crippen LogP contribution in [0.4, 0.5) is 0 Å². The van der Waals surface area contributed by atoms with Crippen LogP contribution in [0.25, 0.3) is 0 Å². The molecular formula is C31H33Cl2N3O5S. The summed E-state index contributed by atoms with van der Waals surface area (Å²) in [5, 5.41) is 11.0. The molecule has 2 N–H and O–H groups in total. The first-order valence-electron chi connectivity index (χ1n) is 13.9. The minimum atomic E-state index is -2.34. The first-order chi connectivity index (χ1) is 20.1. The minimum Gasteiger partial charge on any atom is -0.481 e. The molecule has 2 fully saturated rings. The van der Waals surface area contributed by atoms with E-state index in [0.717, 1.165) is 24.0 Å². The molecule has 1 aromatic heterocycles. The molecule has 8 nitrogen and oxygen atoms in total. The number of aromatic nitrogens is 1. The number of amides is 1. The molecule has 42 heavy (non-hydrogen) atoms. The maximum absolute atomic E-state index is 14.6. The number of aliphatic carboxylic acids is 1. The number of carbonyl (C=O) groups is 2. The third kappa shape index (κ3) is 6.87. The van der Waals surface area contributed by atoms with Gasteiger partial charge in [0.1, 0.15) is 0 Å². The van der Waals surface area contributed by atoms with Crippen molar-refractivity contribution in [3.63, 3.8) is 0 Å². The molecule has 0 bridgehead atoms. The average molecular weight is 631 g/mol. The standard InChI is InChI=1S/C31H33Cl2N3O5S/c1-31(17-28(37)38)16-26(22-5-4-6-24(33)15-22)29(21-10-12-23(32)13-11-21)36(30(31)39)27(20-8-9-20)19-35(42(40)41)18-25-7-2-3-14-34-25/h2-7,10-15,20,26-27,29H,8-9,16-19H2,1H3,(H,37,38)(H,40,41). The Labute approximate surface area is 258 Å². The van der Waals surface area contributed by atoms with E-state index in [0.29, 0.717) is 22.2 Å². The molecular weight excluding hydrogens is 597 g/mol. The third-order valence-electron chi connectivity index (χ3n) is 8.33. The fourth-order valence-electron chi connectivity index (χ4n) is 6.25. The van der Waals surface area contributed by atoms with Gasteiger partial charge >= 0.3 is 5.97 Å². The lowest BCUT2D eigenvalue weighted by Gasteiger charge is -2.52. The normalized spacial score (nSPS) is 24.0. The summed E-state index contributed by atoms with van der Waals surface area (Å²) in [6.07, 6.45) is 3.30. The first kappa shape index (κ1) is 30.6. The van der Waals surface area contributed by atoms with E-state index < -0.39 is 34.7 Å². The van der Waals surface area contributed by atoms with Gasteiger partial charge in [0.25, 0.3) is 0 Å². The zero-order valence-electron chi connectivity index (χ0n) is 23.1. The molecule has 2 aromatic carbocycles. The van der Waals surface area contributed by atoms with Gasteiger partial charge in [0, 0.05) is 34.7 Å². The molecule has 1 aliphatic carbocycles. The van der Waals surface area contributed by atoms with E-state index in [1.165, 1.54) is 4.31 Å². The highest BCUT2D eigenvalue weighted by molar-refractivity contribution is 7.76. The molecule has 5 rings (SSSR count). The second-order valence-electron chi connectivity index (χ2n) is 11.5. The highest BCUT2D eigenvalue weighted by atomic mass is 35.5. The van der Waals surface area contributed by atoms with Gasteiger partial charge < -0.3 is 10.0 Å². The Kier molecular flexibility index (Phi) is 9.34. The van der Waals surface area contributed by atoms with E-state index in [-0.39, 0.29) is 37.3 Å². The van der Waals surface area contributed by atoms with Gasteiger partial charge in [0.05, 0.1) is 30.1 Å². The van der Waals surface area contributed by atoms with Gasteiger partial charge in [-0.3, -0.25) is 19.1 Å². The zero-order chi connectivity index (χ0) is 30.0. The Balaban J connectivity index is 1.64. The number of rotatable bonds is 11. The van der Waals surface area contributed by atoms with Crippen molar-refractivity contribution in [1.82, 2.24) is 14.2 Å². The van der Waals surface area contributed by atoms with Crippen molar-refractivity contribution in [2.45, 2.75) is 57.2 Å². The lowest BCUT2D eigenvalue weighted by molar-refractivity contribution is -0.161. The molecule has 3 aromatic rings. The molecule has 1 aliphatic heterocycles. The Morgan fingerprint density at radius 2 is 1.83 bits per heavy atom. The van der Waals surface area contributed by atoms with Crippen LogP contribution >= 0.6 is 23.2 Å². The summed E-state index contributed by atoms with van der Waals surface area (Å²) in [6, 6.07) is 19.3. The molecule has 222 valence electrons. The van der Waals surface area contributed by atoms with Gasteiger partial charge in [-0.25, -0.2) is 4.21 Å². The van der Waals surface area contributed by atoms with Crippen molar-refractivity contribution in [3.8, 4) is 0 Å². The lowest BCUT2D eigenvalue weighted by Crippen LogP contribution is -2.59. The predicted octanol–water partition coefficient (Wildman–Crippen LogP) is 6.34. The molecule has 5 atom stereocenters. The number of hydrogen-bond acceptors (Lipinski definition) is 4. The zero-order valence-corrected chi connectivity index (χ0v) is 25.4. The smallest absolute Gasteiger partial charge is 0.304 e. The van der Waals surface area contributed by atoms with Crippen LogP contribution in [-0.2, 0) is 27.4 Å². The minimum absolute atomic E-state index is 0.0886. The predicted molar refractivity (Wildman–Crippen MR) is 162 cm³/mol. The first-order valence-corrected chi connectivity index (χ1v) is 15.7. The van der Waals surface area contributed by atoms with Gasteiger partial charge in [0.15, 0.2) is 0 Å². The van der Waals surface area contributed by atoms with Crippen LogP contribution in [-0.4, -0.2) is 52.5 Å². The van der Waals surface area contributed by atoms with Crippen molar-refractivity contribution in [3.05, 3.63) is 99.8 Å². The van der Waals surface area contributed by atoms with Crippen molar-refractivity contribution < 1.29 is 23.5 Å². The summed E-state index contributed by atoms with van der Waals surface area (Å²) in [5.74, 6) is -1.54. The second-order valence-corrected chi connectivity index (χ2v) is 13.3. The number of carbonyl (C=O) groups excluding carboxylic acids is 1. The van der Waals surface area contributed by atoms with E-state index in [1.54, 1.807) is 43.5 Å². The Bertz CT molecular complexity index is 1460. The second kappa shape index (κ2) is 12.8. The Hall–Kier alpha value is -2.82. The summed E-state index contributed by atoms with van der Waals surface area (Å²) in [6.45, 7) is 1.95. The number of likely N-dealkylation sites (tertiary alicyclic amines) is 1. The van der Waals surface area contributed by atoms with Crippen LogP contribution in [0.2, 0.25) is 10.0 Å². The molecule has 5 unspecified atom stereocenters. The summed E-state index contributed by atoms with van der Waals surface area (Å²) < 4.78 is 24.4. The molecule has 1 saturated heterocycles. The molecule has 2 heterocycles. The highest BCUT2D eigenvalue weighted by Gasteiger charge is 2.54.